The van der Waals surface area contributed by atoms with Crippen LogP contribution in [0.2, 0.25) is 0 Å². The molecule has 2 atom stereocenters. The highest BCUT2D eigenvalue weighted by molar-refractivity contribution is 5.77. The molecular weight excluding hydrogens is 358 g/mol. The summed E-state index contributed by atoms with van der Waals surface area (Å²) in [7, 11) is 0. The molecule has 1 aromatic carbocycles. The smallest absolute Gasteiger partial charge is 0.205 e. The minimum absolute atomic E-state index is 0.438. The Morgan fingerprint density at radius 1 is 1.00 bits per heavy atom. The number of hydrogen-bond donors (Lipinski definition) is 0. The van der Waals surface area contributed by atoms with Crippen LogP contribution in [-0.4, -0.2) is 12.4 Å². The molecule has 134 valence electrons. The van der Waals surface area contributed by atoms with E-state index in [0.717, 1.165) is 6.92 Å². The summed E-state index contributed by atoms with van der Waals surface area (Å²) in [5, 5.41) is 8.58. The zero-order valence-electron chi connectivity index (χ0n) is 12.4. The molecule has 2 unspecified atom stereocenters. The van der Waals surface area contributed by atoms with Crippen molar-refractivity contribution in [1.29, 1.82) is 5.26 Å². The SMILES string of the molecule is CC1C(C(F)(F)F)=CC(c2cc(F)c(C#N)c(F)c2)=CC1C(F)(F)F. The molecule has 0 heterocycles. The van der Waals surface area contributed by atoms with Crippen molar-refractivity contribution in [2.75, 3.05) is 0 Å². The molecule has 0 spiro atoms. The van der Waals surface area contributed by atoms with Gasteiger partial charge in [-0.25, -0.2) is 8.78 Å². The van der Waals surface area contributed by atoms with Gasteiger partial charge in [0.05, 0.1) is 5.92 Å². The van der Waals surface area contributed by atoms with E-state index in [-0.39, 0.29) is 0 Å². The van der Waals surface area contributed by atoms with Crippen molar-refractivity contribution >= 4 is 5.57 Å². The third kappa shape index (κ3) is 3.67. The number of nitrogens with zero attached hydrogens (tertiary/aromatic N) is 1. The Bertz CT molecular complexity index is 769. The second-order valence-electron chi connectivity index (χ2n) is 5.50. The van der Waals surface area contributed by atoms with E-state index >= 15 is 0 Å². The standard InChI is InChI=1S/C16H9F8N/c1-7-11(15(19,20)21)2-8(3-12(7)16(22,23)24)9-4-13(17)10(6-25)14(18)5-9/h2-5,7,11H,1H3. The van der Waals surface area contributed by atoms with Crippen LogP contribution in [0.4, 0.5) is 35.1 Å². The third-order valence-corrected chi connectivity index (χ3v) is 3.89. The molecule has 2 rings (SSSR count). The maximum atomic E-state index is 13.7. The first kappa shape index (κ1) is 19.0. The average Bonchev–Trinajstić information content (AvgIpc) is 2.44. The van der Waals surface area contributed by atoms with Crippen molar-refractivity contribution in [3.63, 3.8) is 0 Å². The molecule has 0 aromatic heterocycles. The van der Waals surface area contributed by atoms with Crippen molar-refractivity contribution in [3.05, 3.63) is 52.6 Å². The molecule has 9 heteroatoms. The summed E-state index contributed by atoms with van der Waals surface area (Å²) in [6.07, 6.45) is -9.07. The number of benzene rings is 1. The molecular formula is C16H9F8N. The fourth-order valence-corrected chi connectivity index (χ4v) is 2.62. The minimum Gasteiger partial charge on any atom is -0.205 e. The summed E-state index contributed by atoms with van der Waals surface area (Å²) in [6, 6.07) is 2.28. The molecule has 0 radical (unpaired) electrons. The van der Waals surface area contributed by atoms with E-state index in [0.29, 0.717) is 24.3 Å². The Balaban J connectivity index is 2.66. The van der Waals surface area contributed by atoms with Gasteiger partial charge in [0.25, 0.3) is 0 Å². The highest BCUT2D eigenvalue weighted by atomic mass is 19.4. The Morgan fingerprint density at radius 3 is 1.92 bits per heavy atom. The summed E-state index contributed by atoms with van der Waals surface area (Å²) in [5.41, 5.74) is -3.55. The van der Waals surface area contributed by atoms with Crippen LogP contribution in [-0.2, 0) is 0 Å². The maximum absolute atomic E-state index is 13.7. The number of halogens is 8. The molecule has 25 heavy (non-hydrogen) atoms. The molecule has 0 saturated heterocycles. The second-order valence-corrected chi connectivity index (χ2v) is 5.50. The monoisotopic (exact) mass is 367 g/mol. The zero-order valence-corrected chi connectivity index (χ0v) is 12.4. The van der Waals surface area contributed by atoms with Gasteiger partial charge in [-0.3, -0.25) is 0 Å². The third-order valence-electron chi connectivity index (χ3n) is 3.89. The summed E-state index contributed by atoms with van der Waals surface area (Å²) in [4.78, 5) is 0. The highest BCUT2D eigenvalue weighted by Crippen LogP contribution is 2.47. The van der Waals surface area contributed by atoms with Gasteiger partial charge in [-0.05, 0) is 29.3 Å². The summed E-state index contributed by atoms with van der Waals surface area (Å²) >= 11 is 0. The minimum atomic E-state index is -5.04. The Hall–Kier alpha value is -2.37. The first-order valence-electron chi connectivity index (χ1n) is 6.83. The lowest BCUT2D eigenvalue weighted by molar-refractivity contribution is -0.176. The van der Waals surface area contributed by atoms with Gasteiger partial charge in [0.15, 0.2) is 0 Å². The quantitative estimate of drug-likeness (QED) is 0.598. The van der Waals surface area contributed by atoms with Crippen molar-refractivity contribution in [3.8, 4) is 6.07 Å². The van der Waals surface area contributed by atoms with Crippen LogP contribution in [0.5, 0.6) is 0 Å². The van der Waals surface area contributed by atoms with E-state index in [9.17, 15) is 35.1 Å². The van der Waals surface area contributed by atoms with Gasteiger partial charge in [-0.15, -0.1) is 0 Å². The number of allylic oxidation sites excluding steroid dienone is 4. The molecule has 1 aliphatic rings. The zero-order chi connectivity index (χ0) is 19.2. The van der Waals surface area contributed by atoms with Crippen molar-refractivity contribution < 1.29 is 35.1 Å². The fraction of sp³-hybridized carbons (Fsp3) is 0.312. The summed E-state index contributed by atoms with van der Waals surface area (Å²) < 4.78 is 106. The fourth-order valence-electron chi connectivity index (χ4n) is 2.62. The van der Waals surface area contributed by atoms with Crippen LogP contribution in [0.15, 0.2) is 29.9 Å². The highest BCUT2D eigenvalue weighted by Gasteiger charge is 2.50. The van der Waals surface area contributed by atoms with Gasteiger partial charge in [-0.2, -0.15) is 31.6 Å². The van der Waals surface area contributed by atoms with E-state index in [1.54, 1.807) is 0 Å². The number of rotatable bonds is 1. The summed E-state index contributed by atoms with van der Waals surface area (Å²) in [5.74, 6) is -7.12. The van der Waals surface area contributed by atoms with Gasteiger partial charge in [0.2, 0.25) is 0 Å². The normalized spacial score (nSPS) is 21.4. The largest absolute Gasteiger partial charge is 0.412 e. The predicted octanol–water partition coefficient (Wildman–Crippen LogP) is 5.54. The Kier molecular flexibility index (Phi) is 4.68. The van der Waals surface area contributed by atoms with Gasteiger partial charge in [0, 0.05) is 11.5 Å². The van der Waals surface area contributed by atoms with Gasteiger partial charge in [-0.1, -0.05) is 13.0 Å². The predicted molar refractivity (Wildman–Crippen MR) is 71.9 cm³/mol. The molecule has 1 nitrogen and oxygen atoms in total. The molecule has 0 saturated carbocycles. The van der Waals surface area contributed by atoms with Crippen molar-refractivity contribution in [1.82, 2.24) is 0 Å². The molecule has 0 N–H and O–H groups in total. The van der Waals surface area contributed by atoms with Crippen LogP contribution < -0.4 is 0 Å². The maximum Gasteiger partial charge on any atom is 0.412 e. The Morgan fingerprint density at radius 2 is 1.52 bits per heavy atom. The van der Waals surface area contributed by atoms with Gasteiger partial charge >= 0.3 is 12.4 Å². The van der Waals surface area contributed by atoms with Gasteiger partial charge in [0.1, 0.15) is 23.3 Å². The molecule has 0 amide bonds. The van der Waals surface area contributed by atoms with Crippen LogP contribution >= 0.6 is 0 Å². The van der Waals surface area contributed by atoms with E-state index in [2.05, 4.69) is 0 Å². The van der Waals surface area contributed by atoms with E-state index < -0.39 is 58.1 Å². The lowest BCUT2D eigenvalue weighted by Crippen LogP contribution is -2.34. The van der Waals surface area contributed by atoms with E-state index in [4.69, 9.17) is 5.26 Å². The van der Waals surface area contributed by atoms with Crippen molar-refractivity contribution in [2.45, 2.75) is 19.3 Å². The molecule has 0 aliphatic heterocycles. The van der Waals surface area contributed by atoms with E-state index in [1.165, 1.54) is 6.07 Å². The lowest BCUT2D eigenvalue weighted by atomic mass is 9.78. The lowest BCUT2D eigenvalue weighted by Gasteiger charge is -2.31. The van der Waals surface area contributed by atoms with Crippen molar-refractivity contribution in [2.24, 2.45) is 11.8 Å². The molecule has 1 aromatic rings. The molecule has 0 fully saturated rings. The number of nitriles is 1. The summed E-state index contributed by atoms with van der Waals surface area (Å²) in [6.45, 7) is 0.782. The van der Waals surface area contributed by atoms with Crippen LogP contribution in [0.25, 0.3) is 5.57 Å². The van der Waals surface area contributed by atoms with Crippen LogP contribution in [0, 0.1) is 34.8 Å². The number of hydrogen-bond acceptors (Lipinski definition) is 1. The molecule has 1 aliphatic carbocycles. The van der Waals surface area contributed by atoms with Crippen LogP contribution in [0.3, 0.4) is 0 Å². The molecule has 0 bridgehead atoms. The van der Waals surface area contributed by atoms with E-state index in [1.807, 2.05) is 0 Å². The average molecular weight is 367 g/mol. The van der Waals surface area contributed by atoms with Crippen LogP contribution in [0.1, 0.15) is 18.1 Å². The Labute approximate surface area is 136 Å². The first-order chi connectivity index (χ1) is 11.4. The topological polar surface area (TPSA) is 23.8 Å². The number of alkyl halides is 6. The van der Waals surface area contributed by atoms with Gasteiger partial charge < -0.3 is 0 Å². The second kappa shape index (κ2) is 6.17. The first-order valence-corrected chi connectivity index (χ1v) is 6.83.